The molecule has 34 heavy (non-hydrogen) atoms. The zero-order valence-electron chi connectivity index (χ0n) is 19.6. The molecular formula is C24H30O8S2. The highest BCUT2D eigenvalue weighted by molar-refractivity contribution is 8.00. The van der Waals surface area contributed by atoms with Gasteiger partial charge in [-0.15, -0.1) is 47.2 Å². The van der Waals surface area contributed by atoms with Crippen molar-refractivity contribution in [1.29, 1.82) is 0 Å². The van der Waals surface area contributed by atoms with Crippen LogP contribution in [0.15, 0.2) is 0 Å². The molecule has 0 aromatic rings. The van der Waals surface area contributed by atoms with Gasteiger partial charge in [0.2, 0.25) is 0 Å². The van der Waals surface area contributed by atoms with Crippen LogP contribution in [0.3, 0.4) is 0 Å². The Balaban J connectivity index is 0.000000657. The number of hydrogen-bond donors (Lipinski definition) is 0. The predicted molar refractivity (Wildman–Crippen MR) is 132 cm³/mol. The minimum Gasteiger partial charge on any atom is -0.464 e. The number of cyclic esters (lactones) is 2. The molecule has 0 saturated heterocycles. The highest BCUT2D eigenvalue weighted by Gasteiger charge is 2.08. The summed E-state index contributed by atoms with van der Waals surface area (Å²) in [4.78, 5) is 44.5. The van der Waals surface area contributed by atoms with Gasteiger partial charge in [0.15, 0.2) is 0 Å². The second kappa shape index (κ2) is 23.4. The van der Waals surface area contributed by atoms with Crippen molar-refractivity contribution < 1.29 is 38.1 Å². The molecule has 186 valence electrons. The van der Waals surface area contributed by atoms with E-state index < -0.39 is 0 Å². The Kier molecular flexibility index (Phi) is 21.5. The van der Waals surface area contributed by atoms with Gasteiger partial charge in [-0.2, -0.15) is 0 Å². The average Bonchev–Trinajstić information content (AvgIpc) is 2.83. The lowest BCUT2D eigenvalue weighted by atomic mass is 10.4. The van der Waals surface area contributed by atoms with Crippen LogP contribution in [-0.2, 0) is 38.1 Å². The second-order valence-corrected chi connectivity index (χ2v) is 8.05. The summed E-state index contributed by atoms with van der Waals surface area (Å²) < 4.78 is 19.6. The zero-order valence-corrected chi connectivity index (χ0v) is 21.2. The maximum atomic E-state index is 11.2. The summed E-state index contributed by atoms with van der Waals surface area (Å²) in [6, 6.07) is 0. The van der Waals surface area contributed by atoms with Gasteiger partial charge < -0.3 is 18.9 Å². The quantitative estimate of drug-likeness (QED) is 0.209. The first-order valence-corrected chi connectivity index (χ1v) is 12.8. The van der Waals surface area contributed by atoms with Crippen molar-refractivity contribution in [3.05, 3.63) is 0 Å². The van der Waals surface area contributed by atoms with E-state index in [1.807, 2.05) is 0 Å². The Morgan fingerprint density at radius 3 is 1.74 bits per heavy atom. The van der Waals surface area contributed by atoms with Crippen molar-refractivity contribution in [2.45, 2.75) is 39.5 Å². The van der Waals surface area contributed by atoms with Crippen LogP contribution >= 0.6 is 23.5 Å². The molecule has 8 nitrogen and oxygen atoms in total. The summed E-state index contributed by atoms with van der Waals surface area (Å²) in [6.07, 6.45) is 2.13. The maximum absolute atomic E-state index is 11.2. The topological polar surface area (TPSA) is 105 Å². The third kappa shape index (κ3) is 22.5. The van der Waals surface area contributed by atoms with Crippen LogP contribution < -0.4 is 0 Å². The van der Waals surface area contributed by atoms with Crippen LogP contribution in [0, 0.1) is 35.5 Å². The fourth-order valence-electron chi connectivity index (χ4n) is 1.89. The van der Waals surface area contributed by atoms with Gasteiger partial charge >= 0.3 is 23.9 Å². The minimum absolute atomic E-state index is 0.142. The van der Waals surface area contributed by atoms with Crippen LogP contribution in [0.2, 0.25) is 0 Å². The van der Waals surface area contributed by atoms with Gasteiger partial charge in [0.05, 0.1) is 23.0 Å². The van der Waals surface area contributed by atoms with Gasteiger partial charge in [-0.05, 0) is 13.8 Å². The van der Waals surface area contributed by atoms with Crippen LogP contribution in [0.5, 0.6) is 0 Å². The monoisotopic (exact) mass is 510 g/mol. The molecule has 0 N–H and O–H groups in total. The number of thioether (sulfide) groups is 2. The zero-order chi connectivity index (χ0) is 25.3. The van der Waals surface area contributed by atoms with E-state index in [1.54, 1.807) is 13.8 Å². The molecule has 0 aliphatic carbocycles. The van der Waals surface area contributed by atoms with E-state index >= 15 is 0 Å². The van der Waals surface area contributed by atoms with Crippen molar-refractivity contribution in [2.75, 3.05) is 49.4 Å². The van der Waals surface area contributed by atoms with E-state index in [4.69, 9.17) is 18.9 Å². The van der Waals surface area contributed by atoms with E-state index in [-0.39, 0.29) is 46.9 Å². The fraction of sp³-hybridized carbons (Fsp3) is 0.583. The summed E-state index contributed by atoms with van der Waals surface area (Å²) in [6.45, 7) is 4.69. The lowest BCUT2D eigenvalue weighted by Gasteiger charge is -2.03. The average molecular weight is 511 g/mol. The Morgan fingerprint density at radius 1 is 0.882 bits per heavy atom. The summed E-state index contributed by atoms with van der Waals surface area (Å²) in [5.74, 6) is 16.0. The van der Waals surface area contributed by atoms with Crippen molar-refractivity contribution in [1.82, 2.24) is 0 Å². The van der Waals surface area contributed by atoms with E-state index in [2.05, 4.69) is 35.5 Å². The number of ether oxygens (including phenoxy) is 4. The predicted octanol–water partition coefficient (Wildman–Crippen LogP) is 2.24. The molecule has 0 amide bonds. The molecule has 10 heteroatoms. The summed E-state index contributed by atoms with van der Waals surface area (Å²) >= 11 is 2.38. The Hall–Kier alpha value is -2.74. The maximum Gasteiger partial charge on any atom is 0.315 e. The molecular weight excluding hydrogens is 480 g/mol. The Bertz CT molecular complexity index is 757. The first-order valence-electron chi connectivity index (χ1n) is 10.5. The second-order valence-electron chi connectivity index (χ2n) is 6.07. The highest BCUT2D eigenvalue weighted by atomic mass is 32.2. The highest BCUT2D eigenvalue weighted by Crippen LogP contribution is 2.03. The fourth-order valence-corrected chi connectivity index (χ4v) is 3.10. The molecule has 0 atom stereocenters. The van der Waals surface area contributed by atoms with Crippen LogP contribution in [0.4, 0.5) is 0 Å². The van der Waals surface area contributed by atoms with Gasteiger partial charge in [0.25, 0.3) is 0 Å². The molecule has 0 spiro atoms. The number of carbonyl (C=O) groups excluding carboxylic acids is 4. The molecule has 0 saturated carbocycles. The minimum atomic E-state index is -0.340. The van der Waals surface area contributed by atoms with Crippen molar-refractivity contribution in [3.8, 4) is 35.5 Å². The number of rotatable bonds is 8. The molecule has 0 bridgehead atoms. The molecule has 0 radical (unpaired) electrons. The lowest BCUT2D eigenvalue weighted by Crippen LogP contribution is -2.12. The number of hydrogen-bond acceptors (Lipinski definition) is 10. The van der Waals surface area contributed by atoms with Crippen LogP contribution in [0.25, 0.3) is 0 Å². The normalized spacial score (nSPS) is 13.4. The van der Waals surface area contributed by atoms with Gasteiger partial charge in [0.1, 0.15) is 26.4 Å². The van der Waals surface area contributed by atoms with Crippen molar-refractivity contribution >= 4 is 47.4 Å². The van der Waals surface area contributed by atoms with Crippen LogP contribution in [-0.4, -0.2) is 73.3 Å². The van der Waals surface area contributed by atoms with Gasteiger partial charge in [-0.1, -0.05) is 11.8 Å². The number of esters is 4. The molecule has 1 rings (SSSR count). The Labute approximate surface area is 209 Å². The Morgan fingerprint density at radius 2 is 1.32 bits per heavy atom. The lowest BCUT2D eigenvalue weighted by molar-refractivity contribution is -0.141. The van der Waals surface area contributed by atoms with E-state index in [0.717, 1.165) is 0 Å². The van der Waals surface area contributed by atoms with E-state index in [1.165, 1.54) is 23.5 Å². The third-order valence-electron chi connectivity index (χ3n) is 3.32. The first-order chi connectivity index (χ1) is 16.5. The van der Waals surface area contributed by atoms with Crippen molar-refractivity contribution in [3.63, 3.8) is 0 Å². The molecule has 0 aromatic heterocycles. The standard InChI is InChI=1S/C14H18O4S.C10H12O4S/c1-3-5-7-9-17-13(15)11-19-12-14(16)18-10-8-6-4-2;11-9-7-15-8-10(12)14-6-4-2-1-3-5-13-9/h7-12H2,1-2H3;3-8H2. The van der Waals surface area contributed by atoms with Crippen LogP contribution in [0.1, 0.15) is 39.5 Å². The smallest absolute Gasteiger partial charge is 0.315 e. The molecule has 0 unspecified atom stereocenters. The van der Waals surface area contributed by atoms with Crippen molar-refractivity contribution in [2.24, 2.45) is 0 Å². The summed E-state index contributed by atoms with van der Waals surface area (Å²) in [5.41, 5.74) is 0. The third-order valence-corrected chi connectivity index (χ3v) is 5.08. The molecule has 1 aliphatic heterocycles. The number of carbonyl (C=O) groups is 4. The largest absolute Gasteiger partial charge is 0.464 e. The summed E-state index contributed by atoms with van der Waals surface area (Å²) in [5, 5.41) is 0. The van der Waals surface area contributed by atoms with E-state index in [9.17, 15) is 19.2 Å². The first kappa shape index (κ1) is 31.3. The molecule has 0 aromatic carbocycles. The SMILES string of the molecule is CC#CCCOC(=O)CSCC(=O)OCCC#CC.O=C1CSCC(=O)OCCC#CCCO1. The van der Waals surface area contributed by atoms with Gasteiger partial charge in [-0.25, -0.2) is 0 Å². The molecule has 1 aliphatic rings. The summed E-state index contributed by atoms with van der Waals surface area (Å²) in [7, 11) is 0. The van der Waals surface area contributed by atoms with Gasteiger partial charge in [-0.3, -0.25) is 19.2 Å². The molecule has 0 fully saturated rings. The van der Waals surface area contributed by atoms with E-state index in [0.29, 0.717) is 52.1 Å². The molecule has 1 heterocycles. The van der Waals surface area contributed by atoms with Gasteiger partial charge in [0, 0.05) is 25.7 Å².